The molecular weight excluding hydrogens is 677 g/mol. The van der Waals surface area contributed by atoms with Gasteiger partial charge >= 0.3 is 6.01 Å². The van der Waals surface area contributed by atoms with Crippen LogP contribution in [0, 0.1) is 64.2 Å². The van der Waals surface area contributed by atoms with Crippen LogP contribution >= 0.6 is 0 Å². The minimum atomic E-state index is 0.132. The first-order valence-corrected chi connectivity index (χ1v) is 17.4. The third-order valence-corrected chi connectivity index (χ3v) is 8.41. The van der Waals surface area contributed by atoms with Crippen molar-refractivity contribution in [2.45, 2.75) is 54.4 Å². The number of aryl methyl sites for hydroxylation is 7. The summed E-state index contributed by atoms with van der Waals surface area (Å²) < 4.78 is 6.24. The lowest BCUT2D eigenvalue weighted by molar-refractivity contribution is 0.435. The summed E-state index contributed by atoms with van der Waals surface area (Å²) in [6, 6.07) is 26.8. The number of benzene rings is 4. The largest absolute Gasteiger partial charge is 0.424 e. The van der Waals surface area contributed by atoms with Gasteiger partial charge in [0.05, 0.1) is 23.3 Å². The van der Waals surface area contributed by atoms with Gasteiger partial charge in [-0.15, -0.1) is 0 Å². The van der Waals surface area contributed by atoms with Gasteiger partial charge in [-0.25, -0.2) is 0 Å². The minimum Gasteiger partial charge on any atom is -0.424 e. The van der Waals surface area contributed by atoms with Gasteiger partial charge in [0, 0.05) is 30.0 Å². The van der Waals surface area contributed by atoms with E-state index in [1.165, 1.54) is 5.56 Å². The first-order chi connectivity index (χ1) is 26.0. The highest BCUT2D eigenvalue weighted by Gasteiger charge is 2.15. The Labute approximate surface area is 314 Å². The second-order valence-electron chi connectivity index (χ2n) is 13.1. The van der Waals surface area contributed by atoms with Crippen molar-refractivity contribution >= 4 is 40.9 Å². The number of aromatic nitrogens is 6. The maximum absolute atomic E-state index is 9.21. The van der Waals surface area contributed by atoms with Crippen molar-refractivity contribution in [2.24, 2.45) is 0 Å². The van der Waals surface area contributed by atoms with E-state index in [1.54, 1.807) is 36.4 Å². The van der Waals surface area contributed by atoms with Gasteiger partial charge in [-0.05, 0) is 119 Å². The highest BCUT2D eigenvalue weighted by Crippen LogP contribution is 2.30. The van der Waals surface area contributed by atoms with E-state index in [1.807, 2.05) is 32.9 Å². The standard InChI is InChI=1S/C41H40N12O/c1-24-18-26(3)35(27(4)19-24)49-40-48-34(47-38(51-40)45-32-13-9-30(22-42)10-14-32)8-7-17-44-37-50-39(46-33-15-11-31(23-43)12-16-33)53-41(52-37)54-36-28(5)20-25(2)21-29(36)6/h9-16,18-21H,7-8,17H2,1-6H3,(H2,44,46,50,52,53)(H2,45,47,48,49,51). The molecule has 6 rings (SSSR count). The van der Waals surface area contributed by atoms with Crippen molar-refractivity contribution in [3.05, 3.63) is 123 Å². The molecule has 54 heavy (non-hydrogen) atoms. The Balaban J connectivity index is 1.21. The van der Waals surface area contributed by atoms with Gasteiger partial charge in [-0.2, -0.15) is 40.4 Å². The normalized spacial score (nSPS) is 10.6. The molecule has 0 unspecified atom stereocenters. The van der Waals surface area contributed by atoms with Crippen LogP contribution in [0.3, 0.4) is 0 Å². The fraction of sp³-hybridized carbons (Fsp3) is 0.220. The predicted octanol–water partition coefficient (Wildman–Crippen LogP) is 8.72. The van der Waals surface area contributed by atoms with Gasteiger partial charge in [0.25, 0.3) is 0 Å². The van der Waals surface area contributed by atoms with Gasteiger partial charge < -0.3 is 26.0 Å². The Bertz CT molecular complexity index is 2160. The average molecular weight is 717 g/mol. The van der Waals surface area contributed by atoms with Crippen molar-refractivity contribution in [1.29, 1.82) is 10.5 Å². The SMILES string of the molecule is Cc1cc(C)c(Nc2nc(CCCNc3nc(Nc4ccc(C#N)cc4)nc(Oc4c(C)cc(C)cc4C)n3)nc(Nc3ccc(C#N)cc3)n2)c(C)c1. The third kappa shape index (κ3) is 9.40. The topological polar surface area (TPSA) is 182 Å². The molecule has 0 aliphatic rings. The van der Waals surface area contributed by atoms with Crippen LogP contribution in [0.4, 0.5) is 40.9 Å². The van der Waals surface area contributed by atoms with Crippen LogP contribution < -0.4 is 26.0 Å². The van der Waals surface area contributed by atoms with E-state index in [2.05, 4.69) is 98.4 Å². The van der Waals surface area contributed by atoms with Crippen LogP contribution in [0.15, 0.2) is 72.8 Å². The summed E-state index contributed by atoms with van der Waals surface area (Å²) in [5.74, 6) is 2.66. The van der Waals surface area contributed by atoms with E-state index in [0.717, 1.165) is 39.2 Å². The molecule has 0 aliphatic carbocycles. The number of anilines is 7. The summed E-state index contributed by atoms with van der Waals surface area (Å²) in [5.41, 5.74) is 9.93. The monoisotopic (exact) mass is 716 g/mol. The number of hydrogen-bond acceptors (Lipinski definition) is 13. The lowest BCUT2D eigenvalue weighted by Crippen LogP contribution is -2.12. The molecule has 0 fully saturated rings. The second kappa shape index (κ2) is 16.5. The van der Waals surface area contributed by atoms with Crippen molar-refractivity contribution < 1.29 is 4.74 Å². The summed E-state index contributed by atoms with van der Waals surface area (Å²) in [6.07, 6.45) is 1.16. The van der Waals surface area contributed by atoms with Gasteiger partial charge in [-0.3, -0.25) is 0 Å². The van der Waals surface area contributed by atoms with Crippen molar-refractivity contribution in [1.82, 2.24) is 29.9 Å². The summed E-state index contributed by atoms with van der Waals surface area (Å²) in [6.45, 7) is 12.7. The van der Waals surface area contributed by atoms with E-state index in [4.69, 9.17) is 14.7 Å². The molecule has 4 N–H and O–H groups in total. The molecule has 0 radical (unpaired) electrons. The molecule has 0 saturated carbocycles. The van der Waals surface area contributed by atoms with Crippen LogP contribution in [-0.4, -0.2) is 36.4 Å². The van der Waals surface area contributed by atoms with Gasteiger partial charge in [-0.1, -0.05) is 35.4 Å². The predicted molar refractivity (Wildman–Crippen MR) is 210 cm³/mol. The van der Waals surface area contributed by atoms with E-state index in [9.17, 15) is 10.5 Å². The van der Waals surface area contributed by atoms with E-state index in [-0.39, 0.29) is 12.0 Å². The number of rotatable bonds is 13. The molecule has 13 heteroatoms. The molecule has 0 spiro atoms. The Kier molecular flexibility index (Phi) is 11.2. The van der Waals surface area contributed by atoms with Crippen LogP contribution in [0.25, 0.3) is 0 Å². The summed E-state index contributed by atoms with van der Waals surface area (Å²) in [4.78, 5) is 27.9. The lowest BCUT2D eigenvalue weighted by Gasteiger charge is -2.15. The molecule has 6 aromatic rings. The van der Waals surface area contributed by atoms with Crippen molar-refractivity contribution in [3.8, 4) is 23.9 Å². The molecule has 13 nitrogen and oxygen atoms in total. The van der Waals surface area contributed by atoms with Crippen LogP contribution in [-0.2, 0) is 6.42 Å². The molecule has 4 aromatic carbocycles. The number of hydrogen-bond donors (Lipinski definition) is 4. The molecule has 0 atom stereocenters. The Hall–Kier alpha value is -7.12. The van der Waals surface area contributed by atoms with Crippen molar-refractivity contribution in [2.75, 3.05) is 27.8 Å². The molecule has 0 bridgehead atoms. The van der Waals surface area contributed by atoms with E-state index >= 15 is 0 Å². The average Bonchev–Trinajstić information content (AvgIpc) is 3.14. The number of nitrogens with zero attached hydrogens (tertiary/aromatic N) is 8. The highest BCUT2D eigenvalue weighted by atomic mass is 16.5. The summed E-state index contributed by atoms with van der Waals surface area (Å²) in [5, 5.41) is 31.6. The van der Waals surface area contributed by atoms with E-state index in [0.29, 0.717) is 65.6 Å². The molecule has 2 aromatic heterocycles. The zero-order chi connectivity index (χ0) is 38.2. The maximum Gasteiger partial charge on any atom is 0.328 e. The first kappa shape index (κ1) is 36.7. The van der Waals surface area contributed by atoms with Crippen LogP contribution in [0.1, 0.15) is 56.8 Å². The smallest absolute Gasteiger partial charge is 0.328 e. The third-order valence-electron chi connectivity index (χ3n) is 8.41. The number of nitrogens with one attached hydrogen (secondary N) is 4. The minimum absolute atomic E-state index is 0.132. The number of nitriles is 2. The summed E-state index contributed by atoms with van der Waals surface area (Å²) in [7, 11) is 0. The molecule has 270 valence electrons. The van der Waals surface area contributed by atoms with Crippen LogP contribution in [0.2, 0.25) is 0 Å². The maximum atomic E-state index is 9.21. The lowest BCUT2D eigenvalue weighted by atomic mass is 10.1. The quantitative estimate of drug-likeness (QED) is 0.0833. The second-order valence-corrected chi connectivity index (χ2v) is 13.1. The zero-order valence-electron chi connectivity index (χ0n) is 31.0. The molecule has 2 heterocycles. The van der Waals surface area contributed by atoms with Gasteiger partial charge in [0.15, 0.2) is 0 Å². The molecule has 0 saturated heterocycles. The molecular formula is C41H40N12O. The van der Waals surface area contributed by atoms with Gasteiger partial charge in [0.1, 0.15) is 11.6 Å². The fourth-order valence-corrected chi connectivity index (χ4v) is 6.05. The van der Waals surface area contributed by atoms with Gasteiger partial charge in [0.2, 0.25) is 23.8 Å². The Morgan fingerprint density at radius 3 is 1.56 bits per heavy atom. The van der Waals surface area contributed by atoms with E-state index < -0.39 is 0 Å². The fourth-order valence-electron chi connectivity index (χ4n) is 6.05. The van der Waals surface area contributed by atoms with Crippen molar-refractivity contribution in [3.63, 3.8) is 0 Å². The molecule has 0 amide bonds. The summed E-state index contributed by atoms with van der Waals surface area (Å²) >= 11 is 0. The Morgan fingerprint density at radius 1 is 0.556 bits per heavy atom. The molecule has 0 aliphatic heterocycles. The first-order valence-electron chi connectivity index (χ1n) is 17.4. The number of ether oxygens (including phenoxy) is 1. The van der Waals surface area contributed by atoms with Crippen LogP contribution in [0.5, 0.6) is 11.8 Å². The Morgan fingerprint density at radius 2 is 1.02 bits per heavy atom. The highest BCUT2D eigenvalue weighted by molar-refractivity contribution is 5.65. The zero-order valence-corrected chi connectivity index (χ0v) is 31.0.